The number of pyridine rings is 1. The lowest BCUT2D eigenvalue weighted by Gasteiger charge is -2.08. The molecule has 7 nitrogen and oxygen atoms in total. The molecule has 8 heteroatoms. The Balaban J connectivity index is 2.14. The van der Waals surface area contributed by atoms with Crippen molar-refractivity contribution in [2.24, 2.45) is 5.84 Å². The first kappa shape index (κ1) is 14.2. The lowest BCUT2D eigenvalue weighted by Crippen LogP contribution is -2.08. The Morgan fingerprint density at radius 3 is 2.95 bits per heavy atom. The van der Waals surface area contributed by atoms with Crippen molar-refractivity contribution >= 4 is 27.3 Å². The van der Waals surface area contributed by atoms with Gasteiger partial charge in [-0.15, -0.1) is 0 Å². The molecule has 1 heterocycles. The van der Waals surface area contributed by atoms with Crippen LogP contribution in [-0.4, -0.2) is 9.91 Å². The largest absolute Gasteiger partial charge is 0.486 e. The quantitative estimate of drug-likeness (QED) is 0.493. The summed E-state index contributed by atoms with van der Waals surface area (Å²) in [6.45, 7) is 0.176. The maximum Gasteiger partial charge on any atom is 0.287 e. The second-order valence-corrected chi connectivity index (χ2v) is 4.61. The molecule has 0 aliphatic heterocycles. The number of benzene rings is 1. The monoisotopic (exact) mass is 338 g/mol. The first-order valence-electron chi connectivity index (χ1n) is 5.59. The molecule has 104 valence electrons. The molecule has 0 saturated heterocycles. The fourth-order valence-corrected chi connectivity index (χ4v) is 2.07. The molecule has 0 bridgehead atoms. The van der Waals surface area contributed by atoms with Crippen LogP contribution in [-0.2, 0) is 6.61 Å². The number of hydrazine groups is 1. The van der Waals surface area contributed by atoms with Crippen LogP contribution in [0.15, 0.2) is 41.0 Å². The summed E-state index contributed by atoms with van der Waals surface area (Å²) in [5, 5.41) is 10.8. The van der Waals surface area contributed by atoms with Gasteiger partial charge >= 0.3 is 0 Å². The fraction of sp³-hybridized carbons (Fsp3) is 0.0833. The van der Waals surface area contributed by atoms with Gasteiger partial charge in [-0.3, -0.25) is 20.9 Å². The van der Waals surface area contributed by atoms with Crippen LogP contribution in [0.4, 0.5) is 11.4 Å². The molecule has 0 aliphatic carbocycles. The standard InChI is InChI=1S/C12H11BrN4O3/c13-12-10(17(18)19)2-1-3-11(12)20-7-9-6-8(16-14)4-5-15-9/h1-6H,7,14H2,(H,15,16). The summed E-state index contributed by atoms with van der Waals surface area (Å²) < 4.78 is 5.83. The summed E-state index contributed by atoms with van der Waals surface area (Å²) in [4.78, 5) is 14.5. The van der Waals surface area contributed by atoms with E-state index in [1.54, 1.807) is 30.5 Å². The third kappa shape index (κ3) is 3.22. The Morgan fingerprint density at radius 2 is 2.25 bits per heavy atom. The van der Waals surface area contributed by atoms with Gasteiger partial charge in [0.2, 0.25) is 0 Å². The highest BCUT2D eigenvalue weighted by atomic mass is 79.9. The van der Waals surface area contributed by atoms with Crippen molar-refractivity contribution in [1.29, 1.82) is 0 Å². The van der Waals surface area contributed by atoms with Gasteiger partial charge in [0.1, 0.15) is 16.8 Å². The van der Waals surface area contributed by atoms with Crippen molar-refractivity contribution in [3.63, 3.8) is 0 Å². The van der Waals surface area contributed by atoms with E-state index in [9.17, 15) is 10.1 Å². The Hall–Kier alpha value is -2.19. The van der Waals surface area contributed by atoms with Gasteiger partial charge in [0.15, 0.2) is 0 Å². The summed E-state index contributed by atoms with van der Waals surface area (Å²) in [5.74, 6) is 5.68. The van der Waals surface area contributed by atoms with Crippen molar-refractivity contribution < 1.29 is 9.66 Å². The summed E-state index contributed by atoms with van der Waals surface area (Å²) in [6, 6.07) is 8.04. The normalized spacial score (nSPS) is 10.1. The van der Waals surface area contributed by atoms with Crippen LogP contribution >= 0.6 is 15.9 Å². The number of aromatic nitrogens is 1. The first-order chi connectivity index (χ1) is 9.61. The number of nitrogens with one attached hydrogen (secondary N) is 1. The molecule has 20 heavy (non-hydrogen) atoms. The minimum absolute atomic E-state index is 0.0483. The zero-order valence-corrected chi connectivity index (χ0v) is 11.8. The number of nitrogen functional groups attached to an aromatic ring is 1. The van der Waals surface area contributed by atoms with Crippen molar-refractivity contribution in [1.82, 2.24) is 4.98 Å². The number of nitrogens with zero attached hydrogens (tertiary/aromatic N) is 2. The first-order valence-corrected chi connectivity index (χ1v) is 6.38. The van der Waals surface area contributed by atoms with E-state index in [1.807, 2.05) is 0 Å². The second-order valence-electron chi connectivity index (χ2n) is 3.82. The van der Waals surface area contributed by atoms with Crippen LogP contribution in [0.25, 0.3) is 0 Å². The van der Waals surface area contributed by atoms with Crippen molar-refractivity contribution in [2.75, 3.05) is 5.43 Å². The average Bonchev–Trinajstić information content (AvgIpc) is 2.46. The van der Waals surface area contributed by atoms with Crippen LogP contribution in [0, 0.1) is 10.1 Å². The lowest BCUT2D eigenvalue weighted by atomic mass is 10.3. The van der Waals surface area contributed by atoms with Gasteiger partial charge in [-0.1, -0.05) is 6.07 Å². The fourth-order valence-electron chi connectivity index (χ4n) is 1.55. The molecule has 0 aliphatic rings. The molecule has 0 amide bonds. The Kier molecular flexibility index (Phi) is 4.49. The zero-order chi connectivity index (χ0) is 14.5. The number of rotatable bonds is 5. The number of anilines is 1. The van der Waals surface area contributed by atoms with E-state index >= 15 is 0 Å². The smallest absolute Gasteiger partial charge is 0.287 e. The van der Waals surface area contributed by atoms with Crippen LogP contribution in [0.3, 0.4) is 0 Å². The highest BCUT2D eigenvalue weighted by Crippen LogP contribution is 2.34. The molecule has 1 aromatic carbocycles. The number of nitrogens with two attached hydrogens (primary N) is 1. The molecule has 2 rings (SSSR count). The van der Waals surface area contributed by atoms with Crippen LogP contribution in [0.5, 0.6) is 5.75 Å². The summed E-state index contributed by atoms with van der Waals surface area (Å²) in [5.41, 5.74) is 3.82. The average molecular weight is 339 g/mol. The number of nitro groups is 1. The summed E-state index contributed by atoms with van der Waals surface area (Å²) in [6.07, 6.45) is 1.59. The van der Waals surface area contributed by atoms with Crippen molar-refractivity contribution in [2.45, 2.75) is 6.61 Å². The van der Waals surface area contributed by atoms with Gasteiger partial charge in [-0.05, 0) is 34.1 Å². The predicted octanol–water partition coefficient (Wildman–Crippen LogP) is 2.62. The third-order valence-electron chi connectivity index (χ3n) is 2.50. The minimum Gasteiger partial charge on any atom is -0.486 e. The van der Waals surface area contributed by atoms with Gasteiger partial charge in [0.25, 0.3) is 5.69 Å². The Bertz CT molecular complexity index is 636. The van der Waals surface area contributed by atoms with E-state index in [1.165, 1.54) is 6.07 Å². The number of hydrogen-bond acceptors (Lipinski definition) is 6. The molecule has 0 spiro atoms. The second kappa shape index (κ2) is 6.31. The molecule has 0 fully saturated rings. The molecule has 2 aromatic rings. The molecule has 0 radical (unpaired) electrons. The summed E-state index contributed by atoms with van der Waals surface area (Å²) in [7, 11) is 0. The van der Waals surface area contributed by atoms with E-state index < -0.39 is 4.92 Å². The van der Waals surface area contributed by atoms with Crippen LogP contribution < -0.4 is 16.0 Å². The van der Waals surface area contributed by atoms with Gasteiger partial charge in [0, 0.05) is 12.3 Å². The molecule has 0 saturated carbocycles. The highest BCUT2D eigenvalue weighted by molar-refractivity contribution is 9.10. The number of halogens is 1. The minimum atomic E-state index is -0.478. The van der Waals surface area contributed by atoms with Gasteiger partial charge < -0.3 is 10.2 Å². The summed E-state index contributed by atoms with van der Waals surface area (Å²) >= 11 is 3.16. The predicted molar refractivity (Wildman–Crippen MR) is 77.2 cm³/mol. The van der Waals surface area contributed by atoms with E-state index in [-0.39, 0.29) is 12.3 Å². The Morgan fingerprint density at radius 1 is 1.45 bits per heavy atom. The molecular weight excluding hydrogens is 328 g/mol. The number of ether oxygens (including phenoxy) is 1. The third-order valence-corrected chi connectivity index (χ3v) is 3.30. The molecular formula is C12H11BrN4O3. The SMILES string of the molecule is NNc1ccnc(COc2cccc([N+](=O)[O-])c2Br)c1. The highest BCUT2D eigenvalue weighted by Gasteiger charge is 2.15. The maximum atomic E-state index is 10.8. The van der Waals surface area contributed by atoms with E-state index in [2.05, 4.69) is 26.3 Å². The zero-order valence-electron chi connectivity index (χ0n) is 10.2. The van der Waals surface area contributed by atoms with Gasteiger partial charge in [-0.2, -0.15) is 0 Å². The van der Waals surface area contributed by atoms with Crippen molar-refractivity contribution in [3.05, 3.63) is 56.8 Å². The van der Waals surface area contributed by atoms with E-state index in [4.69, 9.17) is 10.6 Å². The van der Waals surface area contributed by atoms with E-state index in [0.29, 0.717) is 21.6 Å². The Labute approximate surface area is 123 Å². The van der Waals surface area contributed by atoms with E-state index in [0.717, 1.165) is 0 Å². The van der Waals surface area contributed by atoms with Crippen LogP contribution in [0.2, 0.25) is 0 Å². The number of hydrogen-bond donors (Lipinski definition) is 2. The maximum absolute atomic E-state index is 10.8. The number of nitro benzene ring substituents is 1. The van der Waals surface area contributed by atoms with Gasteiger partial charge in [0.05, 0.1) is 16.3 Å². The molecule has 1 aromatic heterocycles. The van der Waals surface area contributed by atoms with Gasteiger partial charge in [-0.25, -0.2) is 0 Å². The lowest BCUT2D eigenvalue weighted by molar-refractivity contribution is -0.385. The topological polar surface area (TPSA) is 103 Å². The molecule has 0 atom stereocenters. The molecule has 3 N–H and O–H groups in total. The van der Waals surface area contributed by atoms with Crippen molar-refractivity contribution in [3.8, 4) is 5.75 Å². The molecule has 0 unspecified atom stereocenters. The van der Waals surface area contributed by atoms with Crippen LogP contribution in [0.1, 0.15) is 5.69 Å².